The number of ether oxygens (including phenoxy) is 1. The predicted molar refractivity (Wildman–Crippen MR) is 101 cm³/mol. The summed E-state index contributed by atoms with van der Waals surface area (Å²) >= 11 is 0. The third-order valence-corrected chi connectivity index (χ3v) is 4.08. The number of rotatable bonds is 7. The fourth-order valence-corrected chi connectivity index (χ4v) is 2.51. The van der Waals surface area contributed by atoms with Gasteiger partial charge in [0.05, 0.1) is 11.0 Å². The van der Waals surface area contributed by atoms with Crippen molar-refractivity contribution in [3.05, 3.63) is 74.8 Å². The normalized spacial score (nSPS) is 11.8. The highest BCUT2D eigenvalue weighted by Gasteiger charge is 2.17. The van der Waals surface area contributed by atoms with E-state index in [0.717, 1.165) is 6.20 Å². The van der Waals surface area contributed by atoms with E-state index in [0.29, 0.717) is 23.2 Å². The standard InChI is InChI=1S/C19H17N3O6/c1-2-13(21-17-8-7-14(10-20-17)22(25)26)11-27-18(23)15-9-12-5-3-4-6-16(12)28-19(15)24/h3-10,13H,2,11H2,1H3,(H,20,21). The van der Waals surface area contributed by atoms with Crippen molar-refractivity contribution in [1.29, 1.82) is 0 Å². The molecule has 3 aromatic rings. The van der Waals surface area contributed by atoms with Crippen LogP contribution >= 0.6 is 0 Å². The van der Waals surface area contributed by atoms with Gasteiger partial charge >= 0.3 is 11.6 Å². The summed E-state index contributed by atoms with van der Waals surface area (Å²) in [5.74, 6) is -0.366. The van der Waals surface area contributed by atoms with Crippen LogP contribution in [-0.2, 0) is 4.74 Å². The summed E-state index contributed by atoms with van der Waals surface area (Å²) in [5.41, 5.74) is -0.668. The van der Waals surface area contributed by atoms with Gasteiger partial charge < -0.3 is 14.5 Å². The Morgan fingerprint density at radius 2 is 2.11 bits per heavy atom. The third-order valence-electron chi connectivity index (χ3n) is 4.08. The van der Waals surface area contributed by atoms with E-state index in [1.54, 1.807) is 24.3 Å². The Kier molecular flexibility index (Phi) is 5.64. The van der Waals surface area contributed by atoms with Crippen LogP contribution in [0, 0.1) is 10.1 Å². The van der Waals surface area contributed by atoms with Gasteiger partial charge in [-0.05, 0) is 24.6 Å². The van der Waals surface area contributed by atoms with Crippen molar-refractivity contribution < 1.29 is 18.9 Å². The first-order valence-corrected chi connectivity index (χ1v) is 8.55. The minimum Gasteiger partial charge on any atom is -0.460 e. The van der Waals surface area contributed by atoms with E-state index in [9.17, 15) is 19.7 Å². The molecule has 0 aliphatic rings. The Balaban J connectivity index is 1.66. The van der Waals surface area contributed by atoms with E-state index in [1.807, 2.05) is 6.92 Å². The molecule has 0 radical (unpaired) electrons. The highest BCUT2D eigenvalue weighted by atomic mass is 16.6. The number of benzene rings is 1. The topological polar surface area (TPSA) is 125 Å². The molecule has 144 valence electrons. The van der Waals surface area contributed by atoms with Gasteiger partial charge in [0.2, 0.25) is 0 Å². The SMILES string of the molecule is CCC(COC(=O)c1cc2ccccc2oc1=O)Nc1ccc([N+](=O)[O-])cn1. The Hall–Kier alpha value is -3.75. The van der Waals surface area contributed by atoms with Gasteiger partial charge in [-0.15, -0.1) is 0 Å². The van der Waals surface area contributed by atoms with Gasteiger partial charge in [0, 0.05) is 11.5 Å². The van der Waals surface area contributed by atoms with Gasteiger partial charge in [0.25, 0.3) is 5.69 Å². The number of nitrogens with zero attached hydrogens (tertiary/aromatic N) is 2. The van der Waals surface area contributed by atoms with Crippen molar-refractivity contribution in [1.82, 2.24) is 4.98 Å². The second kappa shape index (κ2) is 8.30. The monoisotopic (exact) mass is 383 g/mol. The lowest BCUT2D eigenvalue weighted by Gasteiger charge is -2.17. The number of nitro groups is 1. The van der Waals surface area contributed by atoms with Gasteiger partial charge in [0.1, 0.15) is 29.8 Å². The highest BCUT2D eigenvalue weighted by molar-refractivity contribution is 5.92. The molecule has 0 saturated carbocycles. The summed E-state index contributed by atoms with van der Waals surface area (Å²) < 4.78 is 10.4. The van der Waals surface area contributed by atoms with E-state index < -0.39 is 16.5 Å². The fraction of sp³-hybridized carbons (Fsp3) is 0.211. The first kappa shape index (κ1) is 19.0. The van der Waals surface area contributed by atoms with E-state index in [2.05, 4.69) is 10.3 Å². The lowest BCUT2D eigenvalue weighted by molar-refractivity contribution is -0.385. The highest BCUT2D eigenvalue weighted by Crippen LogP contribution is 2.15. The minimum absolute atomic E-state index is 0.0136. The number of anilines is 1. The maximum Gasteiger partial charge on any atom is 0.351 e. The molecule has 0 saturated heterocycles. The Labute approximate surface area is 159 Å². The molecule has 0 spiro atoms. The number of carbonyl (C=O) groups is 1. The summed E-state index contributed by atoms with van der Waals surface area (Å²) in [6.45, 7) is 1.86. The summed E-state index contributed by atoms with van der Waals surface area (Å²) in [4.78, 5) is 38.4. The molecule has 2 heterocycles. The van der Waals surface area contributed by atoms with E-state index >= 15 is 0 Å². The van der Waals surface area contributed by atoms with Crippen molar-refractivity contribution in [3.8, 4) is 0 Å². The van der Waals surface area contributed by atoms with Crippen LogP contribution in [0.5, 0.6) is 0 Å². The van der Waals surface area contributed by atoms with Crippen LogP contribution in [0.3, 0.4) is 0 Å². The zero-order valence-corrected chi connectivity index (χ0v) is 15.0. The second-order valence-electron chi connectivity index (χ2n) is 5.99. The molecule has 0 bridgehead atoms. The molecule has 1 atom stereocenters. The van der Waals surface area contributed by atoms with Crippen molar-refractivity contribution in [3.63, 3.8) is 0 Å². The number of fused-ring (bicyclic) bond motifs is 1. The number of nitrogens with one attached hydrogen (secondary N) is 1. The summed E-state index contributed by atoms with van der Waals surface area (Å²) in [7, 11) is 0. The number of carbonyl (C=O) groups excluding carboxylic acids is 1. The molecule has 0 aliphatic heterocycles. The van der Waals surface area contributed by atoms with Gasteiger partial charge in [-0.1, -0.05) is 25.1 Å². The molecule has 0 aliphatic carbocycles. The van der Waals surface area contributed by atoms with Crippen molar-refractivity contribution in [2.75, 3.05) is 11.9 Å². The largest absolute Gasteiger partial charge is 0.460 e. The number of para-hydroxylation sites is 1. The molecule has 2 aromatic heterocycles. The Morgan fingerprint density at radius 1 is 1.32 bits per heavy atom. The predicted octanol–water partition coefficient (Wildman–Crippen LogP) is 3.14. The minimum atomic E-state index is -0.781. The smallest absolute Gasteiger partial charge is 0.351 e. The molecule has 0 fully saturated rings. The van der Waals surface area contributed by atoms with Crippen LogP contribution in [0.4, 0.5) is 11.5 Å². The average molecular weight is 383 g/mol. The number of pyridine rings is 1. The molecule has 9 heteroatoms. The zero-order chi connectivity index (χ0) is 20.1. The van der Waals surface area contributed by atoms with Crippen LogP contribution in [0.1, 0.15) is 23.7 Å². The van der Waals surface area contributed by atoms with E-state index in [1.165, 1.54) is 18.2 Å². The van der Waals surface area contributed by atoms with E-state index in [4.69, 9.17) is 9.15 Å². The molecule has 1 N–H and O–H groups in total. The number of aromatic nitrogens is 1. The third kappa shape index (κ3) is 4.32. The first-order valence-electron chi connectivity index (χ1n) is 8.55. The molecule has 1 aromatic carbocycles. The van der Waals surface area contributed by atoms with Crippen LogP contribution in [0.15, 0.2) is 57.9 Å². The summed E-state index contributed by atoms with van der Waals surface area (Å²) in [5, 5.41) is 14.3. The molecule has 1 unspecified atom stereocenters. The van der Waals surface area contributed by atoms with Crippen molar-refractivity contribution in [2.24, 2.45) is 0 Å². The van der Waals surface area contributed by atoms with Crippen LogP contribution in [0.2, 0.25) is 0 Å². The van der Waals surface area contributed by atoms with Gasteiger partial charge in [0.15, 0.2) is 0 Å². The molecule has 28 heavy (non-hydrogen) atoms. The average Bonchev–Trinajstić information content (AvgIpc) is 2.70. The molecule has 3 rings (SSSR count). The number of hydrogen-bond donors (Lipinski definition) is 1. The summed E-state index contributed by atoms with van der Waals surface area (Å²) in [6, 6.07) is 10.8. The van der Waals surface area contributed by atoms with Crippen LogP contribution in [0.25, 0.3) is 11.0 Å². The lowest BCUT2D eigenvalue weighted by Crippen LogP contribution is -2.28. The number of esters is 1. The van der Waals surface area contributed by atoms with E-state index in [-0.39, 0.29) is 23.9 Å². The van der Waals surface area contributed by atoms with Gasteiger partial charge in [-0.3, -0.25) is 10.1 Å². The van der Waals surface area contributed by atoms with Gasteiger partial charge in [-0.25, -0.2) is 14.6 Å². The van der Waals surface area contributed by atoms with Gasteiger partial charge in [-0.2, -0.15) is 0 Å². The molecule has 9 nitrogen and oxygen atoms in total. The Morgan fingerprint density at radius 3 is 2.79 bits per heavy atom. The van der Waals surface area contributed by atoms with Crippen LogP contribution < -0.4 is 10.9 Å². The quantitative estimate of drug-likeness (QED) is 0.285. The summed E-state index contributed by atoms with van der Waals surface area (Å²) in [6.07, 6.45) is 1.74. The fourth-order valence-electron chi connectivity index (χ4n) is 2.51. The number of hydrogen-bond acceptors (Lipinski definition) is 8. The Bertz CT molecular complexity index is 1060. The van der Waals surface area contributed by atoms with Crippen LogP contribution in [-0.4, -0.2) is 28.5 Å². The first-order chi connectivity index (χ1) is 13.5. The molecule has 0 amide bonds. The molecular formula is C19H17N3O6. The van der Waals surface area contributed by atoms with Crippen molar-refractivity contribution >= 4 is 28.4 Å². The van der Waals surface area contributed by atoms with Crippen molar-refractivity contribution in [2.45, 2.75) is 19.4 Å². The zero-order valence-electron chi connectivity index (χ0n) is 15.0. The lowest BCUT2D eigenvalue weighted by atomic mass is 10.2. The maximum absolute atomic E-state index is 12.3. The second-order valence-corrected chi connectivity index (χ2v) is 5.99. The molecular weight excluding hydrogens is 366 g/mol. The maximum atomic E-state index is 12.3.